The molecule has 0 heterocycles. The van der Waals surface area contributed by atoms with E-state index in [2.05, 4.69) is 61.5 Å². The molecule has 150 valence electrons. The summed E-state index contributed by atoms with van der Waals surface area (Å²) < 4.78 is 0. The summed E-state index contributed by atoms with van der Waals surface area (Å²) in [5.74, 6) is 0.895. The van der Waals surface area contributed by atoms with E-state index in [1.165, 1.54) is 72.4 Å². The fraction of sp³-hybridized carbons (Fsp3) is 0.400. The largest absolute Gasteiger partial charge is 0.164 e. The predicted molar refractivity (Wildman–Crippen MR) is 124 cm³/mol. The SMILES string of the molecule is CCc1ccc(-c2cccc3[cH-]c(CC4CCCCCC4)cc23)cc1.Cl.Cl.[Zr]. The van der Waals surface area contributed by atoms with Gasteiger partial charge in [0.15, 0.2) is 0 Å². The van der Waals surface area contributed by atoms with E-state index in [0.29, 0.717) is 0 Å². The molecule has 28 heavy (non-hydrogen) atoms. The van der Waals surface area contributed by atoms with Gasteiger partial charge in [-0.1, -0.05) is 81.3 Å². The minimum atomic E-state index is 0. The van der Waals surface area contributed by atoms with E-state index in [-0.39, 0.29) is 51.0 Å². The minimum absolute atomic E-state index is 0. The van der Waals surface area contributed by atoms with Crippen molar-refractivity contribution in [3.05, 3.63) is 65.7 Å². The third-order valence-corrected chi connectivity index (χ3v) is 5.98. The van der Waals surface area contributed by atoms with Crippen LogP contribution in [0.1, 0.15) is 56.6 Å². The van der Waals surface area contributed by atoms with Crippen LogP contribution in [0.4, 0.5) is 0 Å². The molecule has 0 nitrogen and oxygen atoms in total. The van der Waals surface area contributed by atoms with Gasteiger partial charge in [0.25, 0.3) is 0 Å². The van der Waals surface area contributed by atoms with Gasteiger partial charge in [-0.25, -0.2) is 0 Å². The molecule has 0 saturated heterocycles. The molecule has 1 aliphatic carbocycles. The monoisotopic (exact) mass is 491 g/mol. The zero-order valence-corrected chi connectivity index (χ0v) is 20.8. The van der Waals surface area contributed by atoms with Crippen molar-refractivity contribution in [3.63, 3.8) is 0 Å². The summed E-state index contributed by atoms with van der Waals surface area (Å²) >= 11 is 0. The Morgan fingerprint density at radius 1 is 0.893 bits per heavy atom. The van der Waals surface area contributed by atoms with Crippen LogP contribution >= 0.6 is 24.8 Å². The molecular weight excluding hydrogens is 462 g/mol. The Bertz CT molecular complexity index is 827. The molecule has 1 fully saturated rings. The average Bonchev–Trinajstić information content (AvgIpc) is 2.89. The van der Waals surface area contributed by atoms with Crippen molar-refractivity contribution >= 4 is 35.6 Å². The molecule has 0 aromatic heterocycles. The maximum atomic E-state index is 2.46. The van der Waals surface area contributed by atoms with Gasteiger partial charge in [-0.15, -0.1) is 59.3 Å². The normalized spacial score (nSPS) is 14.5. The number of fused-ring (bicyclic) bond motifs is 1. The van der Waals surface area contributed by atoms with Gasteiger partial charge in [0.2, 0.25) is 0 Å². The molecule has 1 aliphatic rings. The van der Waals surface area contributed by atoms with E-state index in [1.54, 1.807) is 5.56 Å². The number of halogens is 2. The molecule has 4 rings (SSSR count). The van der Waals surface area contributed by atoms with Crippen LogP contribution in [-0.4, -0.2) is 0 Å². The smallest absolute Gasteiger partial charge is 0 e. The molecule has 3 aromatic carbocycles. The molecule has 0 unspecified atom stereocenters. The van der Waals surface area contributed by atoms with E-state index in [0.717, 1.165) is 12.3 Å². The summed E-state index contributed by atoms with van der Waals surface area (Å²) in [4.78, 5) is 0. The third kappa shape index (κ3) is 6.01. The van der Waals surface area contributed by atoms with E-state index in [4.69, 9.17) is 0 Å². The molecule has 0 amide bonds. The summed E-state index contributed by atoms with van der Waals surface area (Å²) in [6.45, 7) is 2.21. The first kappa shape index (κ1) is 25.5. The van der Waals surface area contributed by atoms with E-state index in [1.807, 2.05) is 0 Å². The van der Waals surface area contributed by atoms with Crippen LogP contribution in [0.15, 0.2) is 54.6 Å². The second-order valence-corrected chi connectivity index (χ2v) is 7.78. The fourth-order valence-corrected chi connectivity index (χ4v) is 4.49. The van der Waals surface area contributed by atoms with Crippen molar-refractivity contribution in [3.8, 4) is 11.1 Å². The Morgan fingerprint density at radius 3 is 2.21 bits per heavy atom. The topological polar surface area (TPSA) is 0 Å². The van der Waals surface area contributed by atoms with Crippen LogP contribution in [-0.2, 0) is 39.0 Å². The van der Waals surface area contributed by atoms with Crippen LogP contribution in [0.5, 0.6) is 0 Å². The van der Waals surface area contributed by atoms with Crippen molar-refractivity contribution in [2.45, 2.75) is 58.3 Å². The number of hydrogen-bond donors (Lipinski definition) is 0. The van der Waals surface area contributed by atoms with Gasteiger partial charge < -0.3 is 0 Å². The van der Waals surface area contributed by atoms with Crippen LogP contribution in [0.3, 0.4) is 0 Å². The summed E-state index contributed by atoms with van der Waals surface area (Å²) in [5.41, 5.74) is 5.67. The first-order chi connectivity index (χ1) is 12.3. The molecule has 0 aliphatic heterocycles. The minimum Gasteiger partial charge on any atom is -0.164 e. The van der Waals surface area contributed by atoms with Crippen molar-refractivity contribution in [2.75, 3.05) is 0 Å². The third-order valence-electron chi connectivity index (χ3n) is 5.98. The van der Waals surface area contributed by atoms with Gasteiger partial charge in [0.1, 0.15) is 0 Å². The second kappa shape index (κ2) is 12.3. The number of benzene rings is 2. The van der Waals surface area contributed by atoms with E-state index >= 15 is 0 Å². The van der Waals surface area contributed by atoms with Crippen molar-refractivity contribution < 1.29 is 26.2 Å². The van der Waals surface area contributed by atoms with Crippen LogP contribution in [0.2, 0.25) is 0 Å². The van der Waals surface area contributed by atoms with E-state index < -0.39 is 0 Å². The van der Waals surface area contributed by atoms with Gasteiger partial charge in [0, 0.05) is 26.2 Å². The van der Waals surface area contributed by atoms with Crippen molar-refractivity contribution in [2.24, 2.45) is 5.92 Å². The number of rotatable bonds is 4. The maximum absolute atomic E-state index is 2.46. The van der Waals surface area contributed by atoms with Gasteiger partial charge >= 0.3 is 0 Å². The molecule has 0 spiro atoms. The second-order valence-electron chi connectivity index (χ2n) is 7.78. The number of aryl methyl sites for hydroxylation is 1. The van der Waals surface area contributed by atoms with Crippen LogP contribution in [0, 0.1) is 5.92 Å². The average molecular weight is 494 g/mol. The van der Waals surface area contributed by atoms with Crippen LogP contribution in [0.25, 0.3) is 21.9 Å². The number of hydrogen-bond acceptors (Lipinski definition) is 0. The van der Waals surface area contributed by atoms with Crippen LogP contribution < -0.4 is 0 Å². The van der Waals surface area contributed by atoms with Gasteiger partial charge in [-0.3, -0.25) is 0 Å². The fourth-order valence-electron chi connectivity index (χ4n) is 4.49. The Labute approximate surface area is 201 Å². The summed E-state index contributed by atoms with van der Waals surface area (Å²) in [6, 6.07) is 20.8. The first-order valence-electron chi connectivity index (χ1n) is 10.1. The predicted octanol–water partition coefficient (Wildman–Crippen LogP) is 8.14. The van der Waals surface area contributed by atoms with Gasteiger partial charge in [0.05, 0.1) is 0 Å². The molecule has 0 N–H and O–H groups in total. The van der Waals surface area contributed by atoms with Gasteiger partial charge in [-0.2, -0.15) is 6.07 Å². The summed E-state index contributed by atoms with van der Waals surface area (Å²) in [5, 5.41) is 2.83. The van der Waals surface area contributed by atoms with Gasteiger partial charge in [-0.05, 0) is 29.9 Å². The first-order valence-corrected chi connectivity index (χ1v) is 10.1. The van der Waals surface area contributed by atoms with Crippen molar-refractivity contribution in [1.29, 1.82) is 0 Å². The Hall–Kier alpha value is -0.487. The van der Waals surface area contributed by atoms with Crippen molar-refractivity contribution in [1.82, 2.24) is 0 Å². The molecule has 3 heteroatoms. The Kier molecular flexibility index (Phi) is 11.2. The zero-order valence-electron chi connectivity index (χ0n) is 16.7. The molecular formula is C25H31Cl2Zr-. The summed E-state index contributed by atoms with van der Waals surface area (Å²) in [6.07, 6.45) is 11.0. The Morgan fingerprint density at radius 2 is 1.57 bits per heavy atom. The maximum Gasteiger partial charge on any atom is 0 e. The quantitative estimate of drug-likeness (QED) is 0.254. The molecule has 0 bridgehead atoms. The molecule has 1 saturated carbocycles. The van der Waals surface area contributed by atoms with E-state index in [9.17, 15) is 0 Å². The zero-order chi connectivity index (χ0) is 17.1. The standard InChI is InChI=1S/C25H29.2ClH.Zr/c1-2-19-12-14-22(15-13-19)24-11-7-10-23-17-21(18-25(23)24)16-20-8-5-3-4-6-9-20;;;/h7,10-15,17-18,20H,2-6,8-9,16H2,1H3;2*1H;/q-1;;;. The summed E-state index contributed by atoms with van der Waals surface area (Å²) in [7, 11) is 0. The molecule has 0 atom stereocenters. The molecule has 0 radical (unpaired) electrons. The Balaban J connectivity index is 0.00000131. The molecule has 3 aromatic rings.